The quantitative estimate of drug-likeness (QED) is 0.649. The zero-order chi connectivity index (χ0) is 15.9. The maximum absolute atomic E-state index is 14.7. The van der Waals surface area contributed by atoms with Crippen LogP contribution in [0.1, 0.15) is 30.9 Å². The first-order valence-electron chi connectivity index (χ1n) is 7.47. The van der Waals surface area contributed by atoms with Crippen LogP contribution in [0.25, 0.3) is 11.1 Å². The zero-order valence-electron chi connectivity index (χ0n) is 12.2. The molecule has 0 fully saturated rings. The van der Waals surface area contributed by atoms with E-state index >= 15 is 0 Å². The van der Waals surface area contributed by atoms with Gasteiger partial charge in [0, 0.05) is 5.56 Å². The maximum Gasteiger partial charge on any atom is 0.166 e. The Balaban J connectivity index is 2.17. The third-order valence-electron chi connectivity index (χ3n) is 4.52. The van der Waals surface area contributed by atoms with Crippen molar-refractivity contribution in [1.82, 2.24) is 0 Å². The normalized spacial score (nSPS) is 17.4. The largest absolute Gasteiger partial charge is 0.206 e. The zero-order valence-corrected chi connectivity index (χ0v) is 12.2. The highest BCUT2D eigenvalue weighted by Crippen LogP contribution is 2.37. The molecule has 3 rings (SSSR count). The van der Waals surface area contributed by atoms with Crippen LogP contribution in [0.3, 0.4) is 0 Å². The van der Waals surface area contributed by atoms with Crippen molar-refractivity contribution in [3.05, 3.63) is 58.7 Å². The van der Waals surface area contributed by atoms with Crippen LogP contribution < -0.4 is 0 Å². The predicted octanol–water partition coefficient (Wildman–Crippen LogP) is 5.42. The van der Waals surface area contributed by atoms with Gasteiger partial charge in [-0.25, -0.2) is 17.6 Å². The average molecular weight is 308 g/mol. The van der Waals surface area contributed by atoms with Gasteiger partial charge in [-0.2, -0.15) is 0 Å². The number of fused-ring (bicyclic) bond motifs is 1. The standard InChI is InChI=1S/C18H16F4/c1-2-10-6-7-12-11(8-10)9-15(20)16(18(12)22)13-4-3-5-14(19)17(13)21/h3-5,9-10H,2,6-8H2,1H3. The van der Waals surface area contributed by atoms with Gasteiger partial charge in [0.1, 0.15) is 11.6 Å². The summed E-state index contributed by atoms with van der Waals surface area (Å²) < 4.78 is 56.3. The van der Waals surface area contributed by atoms with Crippen molar-refractivity contribution in [2.24, 2.45) is 5.92 Å². The van der Waals surface area contributed by atoms with Crippen LogP contribution in [0, 0.1) is 29.2 Å². The smallest absolute Gasteiger partial charge is 0.166 e. The van der Waals surface area contributed by atoms with Crippen LogP contribution in [0.2, 0.25) is 0 Å². The van der Waals surface area contributed by atoms with Crippen LogP contribution in [-0.4, -0.2) is 0 Å². The molecule has 1 unspecified atom stereocenters. The summed E-state index contributed by atoms with van der Waals surface area (Å²) in [5.41, 5.74) is 0.250. The molecule has 0 amide bonds. The Bertz CT molecular complexity index is 722. The van der Waals surface area contributed by atoms with E-state index in [9.17, 15) is 17.6 Å². The molecule has 1 aliphatic rings. The van der Waals surface area contributed by atoms with Crippen molar-refractivity contribution < 1.29 is 17.6 Å². The molecule has 0 nitrogen and oxygen atoms in total. The van der Waals surface area contributed by atoms with E-state index < -0.39 is 28.8 Å². The summed E-state index contributed by atoms with van der Waals surface area (Å²) >= 11 is 0. The summed E-state index contributed by atoms with van der Waals surface area (Å²) in [6, 6.07) is 4.65. The molecule has 1 aliphatic carbocycles. The molecular formula is C18H16F4. The molecule has 0 aliphatic heterocycles. The SMILES string of the molecule is CCC1CCc2c(cc(F)c(-c3cccc(F)c3F)c2F)C1. The van der Waals surface area contributed by atoms with Gasteiger partial charge in [-0.15, -0.1) is 0 Å². The van der Waals surface area contributed by atoms with Gasteiger partial charge < -0.3 is 0 Å². The second-order valence-corrected chi connectivity index (χ2v) is 5.80. The van der Waals surface area contributed by atoms with Gasteiger partial charge >= 0.3 is 0 Å². The summed E-state index contributed by atoms with van der Waals surface area (Å²) in [6.07, 6.45) is 2.93. The van der Waals surface area contributed by atoms with E-state index in [4.69, 9.17) is 0 Å². The minimum absolute atomic E-state index is 0.365. The van der Waals surface area contributed by atoms with Crippen LogP contribution in [0.5, 0.6) is 0 Å². The van der Waals surface area contributed by atoms with E-state index in [2.05, 4.69) is 6.92 Å². The molecule has 2 aromatic carbocycles. The summed E-state index contributed by atoms with van der Waals surface area (Å²) in [5.74, 6) is -3.50. The molecule has 0 radical (unpaired) electrons. The first kappa shape index (κ1) is 15.1. The fourth-order valence-electron chi connectivity index (χ4n) is 3.22. The predicted molar refractivity (Wildman–Crippen MR) is 77.5 cm³/mol. The third kappa shape index (κ3) is 2.40. The Labute approximate surface area is 126 Å². The minimum atomic E-state index is -1.22. The molecule has 116 valence electrons. The number of hydrogen-bond acceptors (Lipinski definition) is 0. The van der Waals surface area contributed by atoms with Crippen LogP contribution in [0.15, 0.2) is 24.3 Å². The number of halogens is 4. The van der Waals surface area contributed by atoms with Crippen LogP contribution in [0.4, 0.5) is 17.6 Å². The highest BCUT2D eigenvalue weighted by atomic mass is 19.2. The van der Waals surface area contributed by atoms with Crippen molar-refractivity contribution >= 4 is 0 Å². The average Bonchev–Trinajstić information content (AvgIpc) is 2.50. The van der Waals surface area contributed by atoms with E-state index in [0.29, 0.717) is 29.9 Å². The first-order chi connectivity index (χ1) is 10.5. The van der Waals surface area contributed by atoms with Gasteiger partial charge in [-0.1, -0.05) is 25.5 Å². The van der Waals surface area contributed by atoms with Crippen molar-refractivity contribution in [1.29, 1.82) is 0 Å². The highest BCUT2D eigenvalue weighted by molar-refractivity contribution is 5.67. The summed E-state index contributed by atoms with van der Waals surface area (Å²) in [7, 11) is 0. The topological polar surface area (TPSA) is 0 Å². The van der Waals surface area contributed by atoms with E-state index in [-0.39, 0.29) is 5.56 Å². The van der Waals surface area contributed by atoms with Gasteiger partial charge in [0.15, 0.2) is 11.6 Å². The Morgan fingerprint density at radius 2 is 1.82 bits per heavy atom. The molecule has 0 saturated carbocycles. The summed E-state index contributed by atoms with van der Waals surface area (Å²) in [5, 5.41) is 0. The van der Waals surface area contributed by atoms with Gasteiger partial charge in [0.25, 0.3) is 0 Å². The number of benzene rings is 2. The van der Waals surface area contributed by atoms with E-state index in [1.807, 2.05) is 0 Å². The van der Waals surface area contributed by atoms with E-state index in [0.717, 1.165) is 18.9 Å². The fraction of sp³-hybridized carbons (Fsp3) is 0.333. The van der Waals surface area contributed by atoms with Gasteiger partial charge in [0.05, 0.1) is 5.56 Å². The Morgan fingerprint density at radius 3 is 2.55 bits per heavy atom. The molecular weight excluding hydrogens is 292 g/mol. The minimum Gasteiger partial charge on any atom is -0.206 e. The molecule has 1 atom stereocenters. The van der Waals surface area contributed by atoms with Gasteiger partial charge in [0.2, 0.25) is 0 Å². The van der Waals surface area contributed by atoms with Crippen molar-refractivity contribution in [3.8, 4) is 11.1 Å². The molecule has 0 aromatic heterocycles. The molecule has 4 heteroatoms. The Morgan fingerprint density at radius 1 is 1.05 bits per heavy atom. The molecule has 0 bridgehead atoms. The lowest BCUT2D eigenvalue weighted by Crippen LogP contribution is -2.16. The van der Waals surface area contributed by atoms with Crippen molar-refractivity contribution in [2.45, 2.75) is 32.6 Å². The van der Waals surface area contributed by atoms with Crippen LogP contribution in [-0.2, 0) is 12.8 Å². The second kappa shape index (κ2) is 5.75. The molecule has 0 saturated heterocycles. The van der Waals surface area contributed by atoms with E-state index in [1.165, 1.54) is 18.2 Å². The molecule has 22 heavy (non-hydrogen) atoms. The maximum atomic E-state index is 14.7. The van der Waals surface area contributed by atoms with Crippen LogP contribution >= 0.6 is 0 Å². The van der Waals surface area contributed by atoms with Gasteiger partial charge in [-0.05, 0) is 48.4 Å². The molecule has 0 N–H and O–H groups in total. The van der Waals surface area contributed by atoms with Crippen molar-refractivity contribution in [3.63, 3.8) is 0 Å². The number of rotatable bonds is 2. The molecule has 0 heterocycles. The first-order valence-corrected chi connectivity index (χ1v) is 7.47. The highest BCUT2D eigenvalue weighted by Gasteiger charge is 2.26. The lowest BCUT2D eigenvalue weighted by Gasteiger charge is -2.25. The third-order valence-corrected chi connectivity index (χ3v) is 4.52. The monoisotopic (exact) mass is 308 g/mol. The lowest BCUT2D eigenvalue weighted by molar-refractivity contribution is 0.431. The fourth-order valence-corrected chi connectivity index (χ4v) is 3.22. The second-order valence-electron chi connectivity index (χ2n) is 5.80. The lowest BCUT2D eigenvalue weighted by atomic mass is 9.81. The van der Waals surface area contributed by atoms with Crippen molar-refractivity contribution in [2.75, 3.05) is 0 Å². The van der Waals surface area contributed by atoms with E-state index in [1.54, 1.807) is 0 Å². The molecule has 2 aromatic rings. The Kier molecular flexibility index (Phi) is 3.94. The summed E-state index contributed by atoms with van der Waals surface area (Å²) in [4.78, 5) is 0. The summed E-state index contributed by atoms with van der Waals surface area (Å²) in [6.45, 7) is 2.05. The number of hydrogen-bond donors (Lipinski definition) is 0. The molecule has 0 spiro atoms. The van der Waals surface area contributed by atoms with Gasteiger partial charge in [-0.3, -0.25) is 0 Å². The Hall–Kier alpha value is -1.84.